The van der Waals surface area contributed by atoms with E-state index in [9.17, 15) is 35.5 Å². The van der Waals surface area contributed by atoms with Gasteiger partial charge in [0.1, 0.15) is 5.75 Å². The summed E-state index contributed by atoms with van der Waals surface area (Å²) >= 11 is 0. The van der Waals surface area contributed by atoms with E-state index in [-0.39, 0.29) is 29.0 Å². The summed E-state index contributed by atoms with van der Waals surface area (Å²) < 4.78 is 94.6. The molecular weight excluding hydrogens is 383 g/mol. The number of benzene rings is 2. The SMILES string of the molecule is N#Cc1ccc(OC(=O)c2ccc(C(F)(F)C(F)(F)C(F)(F)F)cc2)cc1. The number of carbonyl (C=O) groups excluding carboxylic acids is 1. The molecule has 0 spiro atoms. The third kappa shape index (κ3) is 3.86. The molecule has 142 valence electrons. The second-order valence-electron chi connectivity index (χ2n) is 5.25. The molecule has 0 aliphatic heterocycles. The number of hydrogen-bond acceptors (Lipinski definition) is 3. The summed E-state index contributed by atoms with van der Waals surface area (Å²) in [5, 5.41) is 8.64. The largest absolute Gasteiger partial charge is 0.460 e. The molecule has 0 amide bonds. The van der Waals surface area contributed by atoms with E-state index in [0.717, 1.165) is 0 Å². The molecule has 0 heterocycles. The van der Waals surface area contributed by atoms with Crippen molar-refractivity contribution in [2.24, 2.45) is 0 Å². The van der Waals surface area contributed by atoms with Crippen molar-refractivity contribution in [2.75, 3.05) is 0 Å². The highest BCUT2D eigenvalue weighted by atomic mass is 19.4. The summed E-state index contributed by atoms with van der Waals surface area (Å²) in [6, 6.07) is 8.92. The van der Waals surface area contributed by atoms with Crippen LogP contribution < -0.4 is 4.74 Å². The molecule has 2 aromatic rings. The van der Waals surface area contributed by atoms with Gasteiger partial charge in [-0.1, -0.05) is 12.1 Å². The van der Waals surface area contributed by atoms with Crippen molar-refractivity contribution in [1.29, 1.82) is 5.26 Å². The molecule has 2 rings (SSSR count). The predicted octanol–water partition coefficient (Wildman–Crippen LogP) is 5.07. The van der Waals surface area contributed by atoms with E-state index in [2.05, 4.69) is 0 Å². The highest BCUT2D eigenvalue weighted by molar-refractivity contribution is 5.91. The highest BCUT2D eigenvalue weighted by Gasteiger charge is 2.73. The van der Waals surface area contributed by atoms with Crippen LogP contribution in [0.1, 0.15) is 21.5 Å². The molecule has 0 fully saturated rings. The average Bonchev–Trinajstić information content (AvgIpc) is 2.61. The van der Waals surface area contributed by atoms with Crippen molar-refractivity contribution >= 4 is 5.97 Å². The summed E-state index contributed by atoms with van der Waals surface area (Å²) in [5.41, 5.74) is -1.68. The Kier molecular flexibility index (Phi) is 5.17. The van der Waals surface area contributed by atoms with Crippen LogP contribution in [0.5, 0.6) is 5.75 Å². The second-order valence-corrected chi connectivity index (χ2v) is 5.25. The maximum Gasteiger partial charge on any atom is 0.460 e. The van der Waals surface area contributed by atoms with Crippen LogP contribution in [0.15, 0.2) is 48.5 Å². The third-order valence-corrected chi connectivity index (χ3v) is 3.43. The summed E-state index contributed by atoms with van der Waals surface area (Å²) in [4.78, 5) is 11.9. The lowest BCUT2D eigenvalue weighted by Gasteiger charge is -2.28. The Labute approximate surface area is 147 Å². The number of rotatable bonds is 4. The number of nitrogens with zero attached hydrogens (tertiary/aromatic N) is 1. The van der Waals surface area contributed by atoms with Crippen LogP contribution in [-0.2, 0) is 5.92 Å². The smallest absolute Gasteiger partial charge is 0.423 e. The fourth-order valence-electron chi connectivity index (χ4n) is 1.94. The van der Waals surface area contributed by atoms with Gasteiger partial charge in [0.25, 0.3) is 0 Å². The number of alkyl halides is 7. The Hall–Kier alpha value is -3.09. The topological polar surface area (TPSA) is 50.1 Å². The molecule has 0 saturated heterocycles. The molecule has 0 bridgehead atoms. The first-order chi connectivity index (χ1) is 12.4. The maximum absolute atomic E-state index is 13.6. The summed E-state index contributed by atoms with van der Waals surface area (Å²) in [6.45, 7) is 0. The lowest BCUT2D eigenvalue weighted by molar-refractivity contribution is -0.359. The van der Waals surface area contributed by atoms with Crippen LogP contribution in [0.25, 0.3) is 0 Å². The van der Waals surface area contributed by atoms with E-state index in [1.54, 1.807) is 0 Å². The first-order valence-electron chi connectivity index (χ1n) is 7.05. The minimum atomic E-state index is -6.45. The zero-order chi connectivity index (χ0) is 20.5. The van der Waals surface area contributed by atoms with Gasteiger partial charge in [-0.25, -0.2) is 4.79 Å². The van der Waals surface area contributed by atoms with E-state index in [0.29, 0.717) is 12.1 Å². The molecule has 0 unspecified atom stereocenters. The zero-order valence-electron chi connectivity index (χ0n) is 13.0. The first-order valence-corrected chi connectivity index (χ1v) is 7.05. The molecule has 10 heteroatoms. The van der Waals surface area contributed by atoms with Gasteiger partial charge < -0.3 is 4.74 Å². The number of halogens is 7. The van der Waals surface area contributed by atoms with Crippen LogP contribution >= 0.6 is 0 Å². The first kappa shape index (κ1) is 20.2. The Morgan fingerprint density at radius 3 is 1.81 bits per heavy atom. The van der Waals surface area contributed by atoms with Crippen LogP contribution in [0, 0.1) is 11.3 Å². The molecular formula is C17H8F7NO2. The van der Waals surface area contributed by atoms with Gasteiger partial charge in [0, 0.05) is 5.56 Å². The third-order valence-electron chi connectivity index (χ3n) is 3.43. The molecule has 0 aromatic heterocycles. The Balaban J connectivity index is 2.21. The molecule has 0 radical (unpaired) electrons. The maximum atomic E-state index is 13.6. The van der Waals surface area contributed by atoms with Crippen LogP contribution in [0.2, 0.25) is 0 Å². The van der Waals surface area contributed by atoms with Crippen molar-refractivity contribution in [1.82, 2.24) is 0 Å². The van der Waals surface area contributed by atoms with Gasteiger partial charge in [0.15, 0.2) is 0 Å². The summed E-state index contributed by atoms with van der Waals surface area (Å²) in [5.74, 6) is -12.9. The van der Waals surface area contributed by atoms with Crippen molar-refractivity contribution in [2.45, 2.75) is 18.0 Å². The van der Waals surface area contributed by atoms with E-state index < -0.39 is 29.6 Å². The van der Waals surface area contributed by atoms with Gasteiger partial charge in [-0.2, -0.15) is 36.0 Å². The van der Waals surface area contributed by atoms with Crippen molar-refractivity contribution in [3.05, 3.63) is 65.2 Å². The number of esters is 1. The second kappa shape index (κ2) is 6.90. The lowest BCUT2D eigenvalue weighted by Crippen LogP contribution is -2.50. The fraction of sp³-hybridized carbons (Fsp3) is 0.176. The fourth-order valence-corrected chi connectivity index (χ4v) is 1.94. The minimum Gasteiger partial charge on any atom is -0.423 e. The summed E-state index contributed by atoms with van der Waals surface area (Å²) in [6.07, 6.45) is -6.45. The van der Waals surface area contributed by atoms with Crippen molar-refractivity contribution < 1.29 is 40.3 Å². The normalized spacial score (nSPS) is 12.4. The monoisotopic (exact) mass is 391 g/mol. The van der Waals surface area contributed by atoms with E-state index in [4.69, 9.17) is 10.00 Å². The number of ether oxygens (including phenoxy) is 1. The number of hydrogen-bond donors (Lipinski definition) is 0. The van der Waals surface area contributed by atoms with Crippen LogP contribution in [0.4, 0.5) is 30.7 Å². The molecule has 0 aliphatic carbocycles. The quantitative estimate of drug-likeness (QED) is 0.416. The van der Waals surface area contributed by atoms with E-state index in [1.165, 1.54) is 24.3 Å². The molecule has 0 atom stereocenters. The van der Waals surface area contributed by atoms with Gasteiger partial charge in [-0.05, 0) is 36.4 Å². The Bertz CT molecular complexity index is 866. The van der Waals surface area contributed by atoms with E-state index >= 15 is 0 Å². The molecule has 2 aromatic carbocycles. The van der Waals surface area contributed by atoms with Gasteiger partial charge in [0.05, 0.1) is 17.2 Å². The standard InChI is InChI=1S/C17H8F7NO2/c18-15(19,16(20,21)17(22,23)24)12-5-3-11(4-6-12)14(26)27-13-7-1-10(9-25)2-8-13/h1-8H. The Morgan fingerprint density at radius 2 is 1.37 bits per heavy atom. The molecule has 0 N–H and O–H groups in total. The van der Waals surface area contributed by atoms with Crippen LogP contribution in [-0.4, -0.2) is 18.1 Å². The summed E-state index contributed by atoms with van der Waals surface area (Å²) in [7, 11) is 0. The highest BCUT2D eigenvalue weighted by Crippen LogP contribution is 2.51. The van der Waals surface area contributed by atoms with Crippen LogP contribution in [0.3, 0.4) is 0 Å². The van der Waals surface area contributed by atoms with Gasteiger partial charge >= 0.3 is 24.0 Å². The molecule has 27 heavy (non-hydrogen) atoms. The average molecular weight is 391 g/mol. The predicted molar refractivity (Wildman–Crippen MR) is 77.5 cm³/mol. The Morgan fingerprint density at radius 1 is 0.852 bits per heavy atom. The lowest BCUT2D eigenvalue weighted by atomic mass is 10.0. The minimum absolute atomic E-state index is 0.0111. The van der Waals surface area contributed by atoms with Gasteiger partial charge in [0.2, 0.25) is 0 Å². The van der Waals surface area contributed by atoms with E-state index in [1.807, 2.05) is 6.07 Å². The van der Waals surface area contributed by atoms with Gasteiger partial charge in [-0.15, -0.1) is 0 Å². The molecule has 3 nitrogen and oxygen atoms in total. The van der Waals surface area contributed by atoms with Crippen molar-refractivity contribution in [3.8, 4) is 11.8 Å². The zero-order valence-corrected chi connectivity index (χ0v) is 13.0. The number of nitriles is 1. The van der Waals surface area contributed by atoms with Gasteiger partial charge in [-0.3, -0.25) is 0 Å². The van der Waals surface area contributed by atoms with Crippen molar-refractivity contribution in [3.63, 3.8) is 0 Å². The molecule has 0 aliphatic rings. The number of carbonyl (C=O) groups is 1. The molecule has 0 saturated carbocycles.